The molecule has 2 nitrogen and oxygen atoms in total. The summed E-state index contributed by atoms with van der Waals surface area (Å²) < 4.78 is 80.1. The molecule has 4 rings (SSSR count). The van der Waals surface area contributed by atoms with E-state index in [-0.39, 0.29) is 17.2 Å². The Hall–Kier alpha value is -3.42. The topological polar surface area (TPSA) is 24.1 Å². The molecule has 4 aromatic carbocycles. The summed E-state index contributed by atoms with van der Waals surface area (Å²) in [4.78, 5) is 0. The van der Waals surface area contributed by atoms with E-state index in [1.54, 1.807) is 0 Å². The monoisotopic (exact) mass is 590 g/mol. The molecule has 0 radical (unpaired) electrons. The minimum Gasteiger partial charge on any atom is -0.359 e. The molecule has 0 spiro atoms. The van der Waals surface area contributed by atoms with E-state index in [1.165, 1.54) is 0 Å². The summed E-state index contributed by atoms with van der Waals surface area (Å²) >= 11 is 5.41. The Morgan fingerprint density at radius 2 is 1.12 bits per heavy atom. The van der Waals surface area contributed by atoms with Gasteiger partial charge in [0, 0.05) is 11.7 Å². The summed E-state index contributed by atoms with van der Waals surface area (Å²) in [6, 6.07) is 30.6. The van der Waals surface area contributed by atoms with Gasteiger partial charge >= 0.3 is 12.4 Å². The van der Waals surface area contributed by atoms with Gasteiger partial charge in [0.1, 0.15) is 0 Å². The number of rotatable bonds is 8. The highest BCUT2D eigenvalue weighted by Crippen LogP contribution is 2.38. The summed E-state index contributed by atoms with van der Waals surface area (Å²) in [6.45, 7) is 0. The van der Waals surface area contributed by atoms with Crippen LogP contribution in [-0.4, -0.2) is 17.3 Å². The van der Waals surface area contributed by atoms with Gasteiger partial charge in [-0.2, -0.15) is 26.3 Å². The highest BCUT2D eigenvalue weighted by Gasteiger charge is 2.37. The Morgan fingerprint density at radius 3 is 1.57 bits per heavy atom. The smallest absolute Gasteiger partial charge is 0.359 e. The number of alkyl halides is 6. The molecular weight excluding hydrogens is 565 g/mol. The highest BCUT2D eigenvalue weighted by atomic mass is 32.1. The summed E-state index contributed by atoms with van der Waals surface area (Å²) in [7, 11) is -0.865. The number of nitrogens with one attached hydrogen (secondary N) is 2. The van der Waals surface area contributed by atoms with Crippen molar-refractivity contribution in [2.24, 2.45) is 0 Å². The minimum atomic E-state index is -4.95. The second-order valence-electron chi connectivity index (χ2n) is 9.06. The lowest BCUT2D eigenvalue weighted by Gasteiger charge is -2.27. The van der Waals surface area contributed by atoms with Gasteiger partial charge in [-0.05, 0) is 67.1 Å². The van der Waals surface area contributed by atoms with Crippen molar-refractivity contribution in [3.8, 4) is 0 Å². The first-order chi connectivity index (χ1) is 19.0. The van der Waals surface area contributed by atoms with Gasteiger partial charge in [0.05, 0.1) is 11.1 Å². The zero-order valence-electron chi connectivity index (χ0n) is 21.0. The average Bonchev–Trinajstić information content (AvgIpc) is 2.92. The van der Waals surface area contributed by atoms with Crippen LogP contribution >= 0.6 is 20.1 Å². The molecule has 2 N–H and O–H groups in total. The third kappa shape index (κ3) is 8.29. The van der Waals surface area contributed by atoms with Gasteiger partial charge in [0.25, 0.3) is 0 Å². The molecule has 4 aromatic rings. The second-order valence-corrected chi connectivity index (χ2v) is 11.7. The van der Waals surface area contributed by atoms with Crippen LogP contribution in [0.15, 0.2) is 109 Å². The van der Waals surface area contributed by atoms with Gasteiger partial charge in [-0.1, -0.05) is 91.0 Å². The first-order valence-electron chi connectivity index (χ1n) is 12.3. The maximum Gasteiger partial charge on any atom is 0.416 e. The van der Waals surface area contributed by atoms with E-state index in [0.29, 0.717) is 24.7 Å². The fraction of sp³-hybridized carbons (Fsp3) is 0.167. The lowest BCUT2D eigenvalue weighted by Crippen LogP contribution is -2.42. The number of halogens is 6. The third-order valence-electron chi connectivity index (χ3n) is 6.04. The van der Waals surface area contributed by atoms with Gasteiger partial charge in [-0.3, -0.25) is 0 Å². The van der Waals surface area contributed by atoms with Gasteiger partial charge in [0.15, 0.2) is 5.11 Å². The van der Waals surface area contributed by atoms with Crippen LogP contribution in [-0.2, 0) is 18.8 Å². The first kappa shape index (κ1) is 29.6. The molecule has 1 atom stereocenters. The van der Waals surface area contributed by atoms with Crippen molar-refractivity contribution < 1.29 is 26.3 Å². The fourth-order valence-electron chi connectivity index (χ4n) is 4.24. The van der Waals surface area contributed by atoms with Crippen LogP contribution in [0.4, 0.5) is 32.0 Å². The van der Waals surface area contributed by atoms with Crippen LogP contribution in [0.2, 0.25) is 0 Å². The Balaban J connectivity index is 1.62. The number of thiocarbonyl (C=S) groups is 1. The standard InChI is InChI=1S/C30H25F6N2PS/c31-29(32,33)22-17-23(30(34,35)36)19-24(18-22)37-28(40)38-25(16-21-10-4-1-5-11-21)20-39(26-12-6-2-7-13-26)27-14-8-3-9-15-27/h1-15,17-19,25H,16,20H2,(H2,37,38,40). The van der Waals surface area contributed by atoms with Crippen LogP contribution in [0, 0.1) is 0 Å². The molecule has 208 valence electrons. The molecule has 0 aliphatic rings. The van der Waals surface area contributed by atoms with Crippen LogP contribution < -0.4 is 21.2 Å². The van der Waals surface area contributed by atoms with E-state index in [2.05, 4.69) is 34.9 Å². The summed E-state index contributed by atoms with van der Waals surface area (Å²) in [5, 5.41) is 7.94. The number of benzene rings is 4. The maximum absolute atomic E-state index is 13.4. The molecule has 0 aliphatic carbocycles. The van der Waals surface area contributed by atoms with E-state index >= 15 is 0 Å². The molecule has 0 saturated carbocycles. The normalized spacial score (nSPS) is 12.7. The zero-order chi connectivity index (χ0) is 28.8. The van der Waals surface area contributed by atoms with Crippen molar-refractivity contribution >= 4 is 41.5 Å². The van der Waals surface area contributed by atoms with E-state index in [0.717, 1.165) is 16.2 Å². The fourth-order valence-corrected chi connectivity index (χ4v) is 6.97. The quantitative estimate of drug-likeness (QED) is 0.125. The predicted octanol–water partition coefficient (Wildman–Crippen LogP) is 7.75. The zero-order valence-corrected chi connectivity index (χ0v) is 22.7. The predicted molar refractivity (Wildman–Crippen MR) is 154 cm³/mol. The molecule has 0 aliphatic heterocycles. The van der Waals surface area contributed by atoms with Gasteiger partial charge in [0.2, 0.25) is 0 Å². The number of hydrogen-bond acceptors (Lipinski definition) is 1. The molecule has 40 heavy (non-hydrogen) atoms. The molecule has 0 fully saturated rings. The summed E-state index contributed by atoms with van der Waals surface area (Å²) in [5.41, 5.74) is -2.21. The Bertz CT molecular complexity index is 1330. The van der Waals surface area contributed by atoms with Crippen molar-refractivity contribution in [2.75, 3.05) is 11.5 Å². The maximum atomic E-state index is 13.4. The molecule has 10 heteroatoms. The molecule has 0 heterocycles. The van der Waals surface area contributed by atoms with E-state index in [1.807, 2.05) is 66.7 Å². The third-order valence-corrected chi connectivity index (χ3v) is 8.91. The summed E-state index contributed by atoms with van der Waals surface area (Å²) in [6.07, 6.45) is -8.75. The Morgan fingerprint density at radius 1 is 0.675 bits per heavy atom. The van der Waals surface area contributed by atoms with Crippen LogP contribution in [0.3, 0.4) is 0 Å². The minimum absolute atomic E-state index is 0.0653. The Labute approximate surface area is 235 Å². The SMILES string of the molecule is FC(F)(F)c1cc(NC(=S)NC(Cc2ccccc2)CP(c2ccccc2)c2ccccc2)cc(C(F)(F)F)c1. The molecular formula is C30H25F6N2PS. The Kier molecular flexibility index (Phi) is 9.48. The molecule has 0 aromatic heterocycles. The van der Waals surface area contributed by atoms with Crippen molar-refractivity contribution in [3.05, 3.63) is 126 Å². The molecule has 1 unspecified atom stereocenters. The molecule has 0 saturated heterocycles. The van der Waals surface area contributed by atoms with E-state index in [4.69, 9.17) is 12.2 Å². The lowest BCUT2D eigenvalue weighted by molar-refractivity contribution is -0.143. The van der Waals surface area contributed by atoms with Crippen LogP contribution in [0.1, 0.15) is 16.7 Å². The molecule has 0 bridgehead atoms. The first-order valence-corrected chi connectivity index (χ1v) is 14.2. The second kappa shape index (κ2) is 12.8. The van der Waals surface area contributed by atoms with Crippen molar-refractivity contribution in [2.45, 2.75) is 24.8 Å². The summed E-state index contributed by atoms with van der Waals surface area (Å²) in [5.74, 6) is 0. The highest BCUT2D eigenvalue weighted by molar-refractivity contribution is 7.80. The number of anilines is 1. The largest absolute Gasteiger partial charge is 0.416 e. The van der Waals surface area contributed by atoms with Crippen molar-refractivity contribution in [1.29, 1.82) is 0 Å². The van der Waals surface area contributed by atoms with E-state index in [9.17, 15) is 26.3 Å². The lowest BCUT2D eigenvalue weighted by atomic mass is 10.1. The molecule has 0 amide bonds. The van der Waals surface area contributed by atoms with Crippen molar-refractivity contribution in [1.82, 2.24) is 5.32 Å². The van der Waals surface area contributed by atoms with Crippen molar-refractivity contribution in [3.63, 3.8) is 0 Å². The van der Waals surface area contributed by atoms with Gasteiger partial charge in [-0.15, -0.1) is 0 Å². The average molecular weight is 591 g/mol. The van der Waals surface area contributed by atoms with Gasteiger partial charge < -0.3 is 10.6 Å². The van der Waals surface area contributed by atoms with E-state index < -0.39 is 37.1 Å². The van der Waals surface area contributed by atoms with Crippen LogP contribution in [0.25, 0.3) is 0 Å². The van der Waals surface area contributed by atoms with Crippen LogP contribution in [0.5, 0.6) is 0 Å². The number of hydrogen-bond donors (Lipinski definition) is 2. The van der Waals surface area contributed by atoms with Gasteiger partial charge in [-0.25, -0.2) is 0 Å².